The van der Waals surface area contributed by atoms with Crippen LogP contribution in [0.1, 0.15) is 23.3 Å². The first-order chi connectivity index (χ1) is 12.8. The van der Waals surface area contributed by atoms with Crippen molar-refractivity contribution >= 4 is 11.7 Å². The number of hydrogen-bond donors (Lipinski definition) is 0. The topological polar surface area (TPSA) is 84.6 Å². The summed E-state index contributed by atoms with van der Waals surface area (Å²) >= 11 is 0. The highest BCUT2D eigenvalue weighted by atomic mass is 16.5. The molecule has 3 aliphatic rings. The first-order valence-corrected chi connectivity index (χ1v) is 9.07. The van der Waals surface area contributed by atoms with E-state index < -0.39 is 0 Å². The molecule has 3 aliphatic heterocycles. The van der Waals surface area contributed by atoms with E-state index in [1.807, 2.05) is 11.1 Å². The zero-order valence-corrected chi connectivity index (χ0v) is 14.5. The monoisotopic (exact) mass is 355 g/mol. The summed E-state index contributed by atoms with van der Waals surface area (Å²) in [6, 6.07) is 1.77. The number of piperidine rings is 1. The van der Waals surface area contributed by atoms with Crippen molar-refractivity contribution in [2.45, 2.75) is 18.9 Å². The van der Waals surface area contributed by atoms with Crippen molar-refractivity contribution in [3.8, 4) is 0 Å². The second-order valence-corrected chi connectivity index (χ2v) is 7.44. The van der Waals surface area contributed by atoms with Gasteiger partial charge >= 0.3 is 0 Å². The van der Waals surface area contributed by atoms with Crippen LogP contribution in [0.4, 0.5) is 5.82 Å². The van der Waals surface area contributed by atoms with E-state index in [0.717, 1.165) is 44.9 Å². The van der Waals surface area contributed by atoms with Crippen LogP contribution in [0.15, 0.2) is 35.4 Å². The molecule has 2 aromatic rings. The predicted molar refractivity (Wildman–Crippen MR) is 91.5 cm³/mol. The standard InChI is InChI=1S/C18H21N5O3/c24-17(14-1-8-26-21-14)23-12-18(13-10-25-11-15(13)23)2-6-22(7-3-18)16-9-19-4-5-20-16/h1,4-5,8-9,13,15H,2-3,6-7,10-12H2/t13-,15+/m1/s1. The lowest BCUT2D eigenvalue weighted by atomic mass is 9.70. The van der Waals surface area contributed by atoms with Crippen LogP contribution in [0.3, 0.4) is 0 Å². The normalized spacial score (nSPS) is 27.1. The number of hydrogen-bond acceptors (Lipinski definition) is 7. The molecule has 2 aromatic heterocycles. The fraction of sp³-hybridized carbons (Fsp3) is 0.556. The molecule has 1 amide bonds. The smallest absolute Gasteiger partial charge is 0.276 e. The minimum absolute atomic E-state index is 0.0486. The molecular weight excluding hydrogens is 334 g/mol. The molecule has 8 nitrogen and oxygen atoms in total. The molecule has 3 fully saturated rings. The lowest BCUT2D eigenvalue weighted by molar-refractivity contribution is 0.0608. The van der Waals surface area contributed by atoms with Crippen molar-refractivity contribution in [3.63, 3.8) is 0 Å². The van der Waals surface area contributed by atoms with Crippen LogP contribution < -0.4 is 4.90 Å². The molecule has 5 rings (SSSR count). The van der Waals surface area contributed by atoms with Crippen molar-refractivity contribution in [1.29, 1.82) is 0 Å². The maximum atomic E-state index is 12.9. The molecule has 0 saturated carbocycles. The third kappa shape index (κ3) is 2.39. The van der Waals surface area contributed by atoms with Gasteiger partial charge in [0.2, 0.25) is 0 Å². The molecule has 0 radical (unpaired) electrons. The largest absolute Gasteiger partial charge is 0.379 e. The van der Waals surface area contributed by atoms with Gasteiger partial charge in [0, 0.05) is 44.0 Å². The van der Waals surface area contributed by atoms with Gasteiger partial charge in [-0.1, -0.05) is 5.16 Å². The molecule has 2 atom stereocenters. The van der Waals surface area contributed by atoms with Gasteiger partial charge in [0.15, 0.2) is 5.69 Å². The average molecular weight is 355 g/mol. The third-order valence-corrected chi connectivity index (χ3v) is 6.27. The number of rotatable bonds is 2. The average Bonchev–Trinajstić information content (AvgIpc) is 3.42. The minimum atomic E-state index is -0.0486. The summed E-state index contributed by atoms with van der Waals surface area (Å²) in [6.45, 7) is 3.97. The number of likely N-dealkylation sites (tertiary alicyclic amines) is 1. The fourth-order valence-corrected chi connectivity index (χ4v) is 4.87. The van der Waals surface area contributed by atoms with E-state index >= 15 is 0 Å². The zero-order chi connectivity index (χ0) is 17.6. The van der Waals surface area contributed by atoms with Crippen molar-refractivity contribution in [2.75, 3.05) is 37.7 Å². The lowest BCUT2D eigenvalue weighted by Crippen LogP contribution is -2.45. The molecule has 0 unspecified atom stereocenters. The van der Waals surface area contributed by atoms with Crippen LogP contribution in [0.25, 0.3) is 0 Å². The van der Waals surface area contributed by atoms with Gasteiger partial charge < -0.3 is 19.1 Å². The van der Waals surface area contributed by atoms with Crippen LogP contribution in [0.2, 0.25) is 0 Å². The number of amides is 1. The van der Waals surface area contributed by atoms with Gasteiger partial charge in [-0.2, -0.15) is 0 Å². The van der Waals surface area contributed by atoms with Crippen molar-refractivity contribution in [3.05, 3.63) is 36.6 Å². The summed E-state index contributed by atoms with van der Waals surface area (Å²) in [5.74, 6) is 1.27. The van der Waals surface area contributed by atoms with Crippen molar-refractivity contribution in [1.82, 2.24) is 20.0 Å². The van der Waals surface area contributed by atoms with Gasteiger partial charge in [-0.15, -0.1) is 0 Å². The molecule has 0 aromatic carbocycles. The lowest BCUT2D eigenvalue weighted by Gasteiger charge is -2.42. The van der Waals surface area contributed by atoms with Crippen LogP contribution in [0, 0.1) is 11.3 Å². The van der Waals surface area contributed by atoms with Gasteiger partial charge in [-0.3, -0.25) is 9.78 Å². The Labute approximate surface area is 151 Å². The Bertz CT molecular complexity index is 773. The number of aromatic nitrogens is 3. The van der Waals surface area contributed by atoms with E-state index in [4.69, 9.17) is 9.26 Å². The zero-order valence-electron chi connectivity index (χ0n) is 14.5. The van der Waals surface area contributed by atoms with Crippen molar-refractivity contribution in [2.24, 2.45) is 11.3 Å². The number of ether oxygens (including phenoxy) is 1. The maximum absolute atomic E-state index is 12.9. The molecule has 26 heavy (non-hydrogen) atoms. The Morgan fingerprint density at radius 3 is 2.85 bits per heavy atom. The highest BCUT2D eigenvalue weighted by molar-refractivity contribution is 5.92. The fourth-order valence-electron chi connectivity index (χ4n) is 4.87. The molecule has 0 bridgehead atoms. The SMILES string of the molecule is O=C(c1ccon1)N1CC2(CCN(c3cnccn3)CC2)[C@@H]2COC[C@@H]21. The third-order valence-electron chi connectivity index (χ3n) is 6.27. The van der Waals surface area contributed by atoms with Crippen LogP contribution >= 0.6 is 0 Å². The first kappa shape index (κ1) is 15.7. The Morgan fingerprint density at radius 1 is 1.23 bits per heavy atom. The van der Waals surface area contributed by atoms with E-state index in [1.165, 1.54) is 6.26 Å². The maximum Gasteiger partial charge on any atom is 0.276 e. The molecule has 8 heteroatoms. The summed E-state index contributed by atoms with van der Waals surface area (Å²) < 4.78 is 10.6. The first-order valence-electron chi connectivity index (χ1n) is 9.07. The van der Waals surface area contributed by atoms with Gasteiger partial charge in [-0.25, -0.2) is 4.98 Å². The number of carbonyl (C=O) groups is 1. The number of fused-ring (bicyclic) bond motifs is 2. The Morgan fingerprint density at radius 2 is 2.12 bits per heavy atom. The summed E-state index contributed by atoms with van der Waals surface area (Å²) in [4.78, 5) is 25.7. The Hall–Kier alpha value is -2.48. The van der Waals surface area contributed by atoms with Crippen LogP contribution in [-0.2, 0) is 4.74 Å². The van der Waals surface area contributed by atoms with E-state index in [2.05, 4.69) is 20.0 Å². The summed E-state index contributed by atoms with van der Waals surface area (Å²) in [6.07, 6.45) is 8.73. The number of anilines is 1. The van der Waals surface area contributed by atoms with Gasteiger partial charge in [0.25, 0.3) is 5.91 Å². The van der Waals surface area contributed by atoms with Gasteiger partial charge in [-0.05, 0) is 18.3 Å². The highest BCUT2D eigenvalue weighted by Gasteiger charge is 2.57. The molecular formula is C18H21N5O3. The Balaban J connectivity index is 1.36. The van der Waals surface area contributed by atoms with Crippen LogP contribution in [-0.4, -0.2) is 64.8 Å². The van der Waals surface area contributed by atoms with Crippen LogP contribution in [0.5, 0.6) is 0 Å². The van der Waals surface area contributed by atoms with Gasteiger partial charge in [0.05, 0.1) is 25.5 Å². The second-order valence-electron chi connectivity index (χ2n) is 7.44. The predicted octanol–water partition coefficient (Wildman–Crippen LogP) is 1.22. The quantitative estimate of drug-likeness (QED) is 0.801. The summed E-state index contributed by atoms with van der Waals surface area (Å²) in [5, 5.41) is 3.83. The second kappa shape index (κ2) is 6.05. The van der Waals surface area contributed by atoms with E-state index in [-0.39, 0.29) is 17.4 Å². The van der Waals surface area contributed by atoms with E-state index in [9.17, 15) is 4.79 Å². The summed E-state index contributed by atoms with van der Waals surface area (Å²) in [5.41, 5.74) is 0.490. The number of carbonyl (C=O) groups excluding carboxylic acids is 1. The molecule has 0 aliphatic carbocycles. The van der Waals surface area contributed by atoms with E-state index in [1.54, 1.807) is 18.5 Å². The minimum Gasteiger partial charge on any atom is -0.379 e. The van der Waals surface area contributed by atoms with Crippen molar-refractivity contribution < 1.29 is 14.1 Å². The van der Waals surface area contributed by atoms with Gasteiger partial charge in [0.1, 0.15) is 12.1 Å². The highest BCUT2D eigenvalue weighted by Crippen LogP contribution is 2.50. The molecule has 5 heterocycles. The Kier molecular flexibility index (Phi) is 3.66. The van der Waals surface area contributed by atoms with E-state index in [0.29, 0.717) is 18.2 Å². The molecule has 0 N–H and O–H groups in total. The molecule has 1 spiro atoms. The molecule has 136 valence electrons. The summed E-state index contributed by atoms with van der Waals surface area (Å²) in [7, 11) is 0. The number of nitrogens with zero attached hydrogens (tertiary/aromatic N) is 5. The molecule has 3 saturated heterocycles.